The molecule has 1 aromatic heterocycles. The van der Waals surface area contributed by atoms with Gasteiger partial charge in [0.15, 0.2) is 4.67 Å². The van der Waals surface area contributed by atoms with Gasteiger partial charge in [-0.2, -0.15) is 10.1 Å². The molecule has 5 nitrogen and oxygen atoms in total. The zero-order valence-corrected chi connectivity index (χ0v) is 12.7. The third-order valence-corrected chi connectivity index (χ3v) is 5.06. The lowest BCUT2D eigenvalue weighted by molar-refractivity contribution is -0.140. The fraction of sp³-hybridized carbons (Fsp3) is 0.400. The van der Waals surface area contributed by atoms with Gasteiger partial charge in [0.2, 0.25) is 0 Å². The molecule has 4 unspecified atom stereocenters. The summed E-state index contributed by atoms with van der Waals surface area (Å²) >= 11 is 3.20. The number of halogens is 1. The average Bonchev–Trinajstić information content (AvgIpc) is 3.03. The lowest BCUT2D eigenvalue weighted by atomic mass is 9.63. The molecule has 2 amide bonds. The number of carbonyl (C=O) groups excluding carboxylic acids is 2. The van der Waals surface area contributed by atoms with Crippen molar-refractivity contribution in [1.29, 1.82) is 0 Å². The van der Waals surface area contributed by atoms with Crippen LogP contribution in [0.2, 0.25) is 0 Å². The number of fused-ring (bicyclic) bond motifs is 1. The van der Waals surface area contributed by atoms with Gasteiger partial charge in [-0.05, 0) is 52.7 Å². The summed E-state index contributed by atoms with van der Waals surface area (Å²) in [6, 6.07) is 3.45. The number of furan rings is 1. The maximum absolute atomic E-state index is 12.5. The van der Waals surface area contributed by atoms with Crippen LogP contribution in [0.3, 0.4) is 0 Å². The zero-order valence-electron chi connectivity index (χ0n) is 11.1. The summed E-state index contributed by atoms with van der Waals surface area (Å²) in [5, 5.41) is 5.09. The minimum Gasteiger partial charge on any atom is -0.448 e. The van der Waals surface area contributed by atoms with Crippen molar-refractivity contribution < 1.29 is 14.0 Å². The molecule has 1 saturated heterocycles. The Morgan fingerprint density at radius 3 is 2.24 bits per heavy atom. The molecule has 2 fully saturated rings. The maximum Gasteiger partial charge on any atom is 0.254 e. The van der Waals surface area contributed by atoms with Crippen LogP contribution in [0.4, 0.5) is 0 Å². The van der Waals surface area contributed by atoms with Crippen LogP contribution in [0.25, 0.3) is 0 Å². The highest BCUT2D eigenvalue weighted by Crippen LogP contribution is 2.49. The predicted octanol–water partition coefficient (Wildman–Crippen LogP) is 2.57. The van der Waals surface area contributed by atoms with E-state index in [1.165, 1.54) is 6.21 Å². The zero-order chi connectivity index (χ0) is 14.6. The number of hydrogen-bond acceptors (Lipinski definition) is 4. The van der Waals surface area contributed by atoms with Crippen molar-refractivity contribution in [3.05, 3.63) is 34.7 Å². The van der Waals surface area contributed by atoms with E-state index in [0.717, 1.165) is 17.9 Å². The average molecular weight is 349 g/mol. The summed E-state index contributed by atoms with van der Waals surface area (Å²) in [5.74, 6) is 0.0857. The van der Waals surface area contributed by atoms with E-state index >= 15 is 0 Å². The predicted molar refractivity (Wildman–Crippen MR) is 78.2 cm³/mol. The van der Waals surface area contributed by atoms with Crippen molar-refractivity contribution in [1.82, 2.24) is 5.01 Å². The van der Waals surface area contributed by atoms with Crippen LogP contribution in [0.5, 0.6) is 0 Å². The Hall–Kier alpha value is -1.69. The molecular formula is C15H13BrN2O3. The molecule has 4 atom stereocenters. The van der Waals surface area contributed by atoms with Gasteiger partial charge in [-0.1, -0.05) is 12.2 Å². The van der Waals surface area contributed by atoms with Crippen LogP contribution in [-0.2, 0) is 9.59 Å². The highest BCUT2D eigenvalue weighted by Gasteiger charge is 2.56. The number of nitrogens with zero attached hydrogens (tertiary/aromatic N) is 2. The SMILES string of the molecule is O=C1C2C3C=CC(CC3)C2C(=O)N1/N=C/c1ccc(Br)o1. The van der Waals surface area contributed by atoms with Gasteiger partial charge >= 0.3 is 0 Å². The lowest BCUT2D eigenvalue weighted by Gasteiger charge is -2.37. The lowest BCUT2D eigenvalue weighted by Crippen LogP contribution is -2.38. The molecule has 5 rings (SSSR count). The van der Waals surface area contributed by atoms with E-state index < -0.39 is 0 Å². The Morgan fingerprint density at radius 2 is 1.76 bits per heavy atom. The van der Waals surface area contributed by atoms with E-state index in [-0.39, 0.29) is 35.5 Å². The number of hydrogen-bond donors (Lipinski definition) is 0. The molecule has 1 saturated carbocycles. The molecule has 0 radical (unpaired) electrons. The van der Waals surface area contributed by atoms with Crippen molar-refractivity contribution in [2.24, 2.45) is 28.8 Å². The second kappa shape index (κ2) is 4.66. The number of amides is 2. The third-order valence-electron chi connectivity index (χ3n) is 4.63. The molecule has 2 heterocycles. The fourth-order valence-corrected chi connectivity index (χ4v) is 4.00. The van der Waals surface area contributed by atoms with E-state index in [9.17, 15) is 9.59 Å². The smallest absolute Gasteiger partial charge is 0.254 e. The molecular weight excluding hydrogens is 336 g/mol. The van der Waals surface area contributed by atoms with Crippen LogP contribution in [0.15, 0.2) is 38.5 Å². The van der Waals surface area contributed by atoms with E-state index in [4.69, 9.17) is 4.42 Å². The van der Waals surface area contributed by atoms with Crippen molar-refractivity contribution in [3.63, 3.8) is 0 Å². The number of imide groups is 1. The van der Waals surface area contributed by atoms with Gasteiger partial charge in [-0.15, -0.1) is 0 Å². The topological polar surface area (TPSA) is 62.9 Å². The maximum atomic E-state index is 12.5. The van der Waals surface area contributed by atoms with Crippen molar-refractivity contribution in [3.8, 4) is 0 Å². The van der Waals surface area contributed by atoms with Crippen molar-refractivity contribution >= 4 is 34.0 Å². The summed E-state index contributed by atoms with van der Waals surface area (Å²) in [5.41, 5.74) is 0. The molecule has 108 valence electrons. The molecule has 3 aliphatic carbocycles. The van der Waals surface area contributed by atoms with Crippen LogP contribution < -0.4 is 0 Å². The Bertz CT molecular complexity index is 646. The number of rotatable bonds is 2. The number of hydrazone groups is 1. The number of carbonyl (C=O) groups is 2. The van der Waals surface area contributed by atoms with Gasteiger partial charge in [0.25, 0.3) is 11.8 Å². The monoisotopic (exact) mass is 348 g/mol. The van der Waals surface area contributed by atoms with Crippen molar-refractivity contribution in [2.75, 3.05) is 0 Å². The van der Waals surface area contributed by atoms with Crippen molar-refractivity contribution in [2.45, 2.75) is 12.8 Å². The molecule has 0 aromatic carbocycles. The molecule has 6 heteroatoms. The molecule has 1 aliphatic heterocycles. The second-order valence-electron chi connectivity index (χ2n) is 5.72. The summed E-state index contributed by atoms with van der Waals surface area (Å²) in [6.45, 7) is 0. The first-order valence-corrected chi connectivity index (χ1v) is 7.80. The first-order valence-electron chi connectivity index (χ1n) is 7.00. The van der Waals surface area contributed by atoms with Crippen LogP contribution in [0.1, 0.15) is 18.6 Å². The second-order valence-corrected chi connectivity index (χ2v) is 6.50. The molecule has 4 aliphatic rings. The Labute approximate surface area is 129 Å². The van der Waals surface area contributed by atoms with Gasteiger partial charge in [0.1, 0.15) is 5.76 Å². The standard InChI is InChI=1S/C15H13BrN2O3/c16-11-6-5-10(21-11)7-17-18-14(19)12-8-1-2-9(4-3-8)13(12)15(18)20/h1-2,5-9,12-13H,3-4H2/b17-7+. The minimum atomic E-state index is -0.221. The summed E-state index contributed by atoms with van der Waals surface area (Å²) in [4.78, 5) is 25.0. The summed E-state index contributed by atoms with van der Waals surface area (Å²) in [7, 11) is 0. The first kappa shape index (κ1) is 13.0. The van der Waals surface area contributed by atoms with Gasteiger partial charge in [0.05, 0.1) is 18.1 Å². The van der Waals surface area contributed by atoms with E-state index in [0.29, 0.717) is 10.4 Å². The largest absolute Gasteiger partial charge is 0.448 e. The fourth-order valence-electron chi connectivity index (χ4n) is 3.68. The van der Waals surface area contributed by atoms with Gasteiger partial charge in [-0.25, -0.2) is 0 Å². The first-order chi connectivity index (χ1) is 10.1. The highest BCUT2D eigenvalue weighted by atomic mass is 79.9. The quantitative estimate of drug-likeness (QED) is 0.468. The van der Waals surface area contributed by atoms with E-state index in [2.05, 4.69) is 33.2 Å². The minimum absolute atomic E-state index is 0.175. The molecule has 1 aromatic rings. The Morgan fingerprint density at radius 1 is 1.14 bits per heavy atom. The van der Waals surface area contributed by atoms with Gasteiger partial charge in [0, 0.05) is 0 Å². The summed E-state index contributed by atoms with van der Waals surface area (Å²) < 4.78 is 5.88. The molecule has 0 N–H and O–H groups in total. The summed E-state index contributed by atoms with van der Waals surface area (Å²) in [6.07, 6.45) is 7.58. The number of allylic oxidation sites excluding steroid dienone is 2. The Balaban J connectivity index is 1.62. The normalized spacial score (nSPS) is 34.2. The van der Waals surface area contributed by atoms with Crippen LogP contribution >= 0.6 is 15.9 Å². The van der Waals surface area contributed by atoms with Crippen LogP contribution in [-0.4, -0.2) is 23.0 Å². The molecule has 0 spiro atoms. The highest BCUT2D eigenvalue weighted by molar-refractivity contribution is 9.10. The molecule has 21 heavy (non-hydrogen) atoms. The third kappa shape index (κ3) is 1.92. The van der Waals surface area contributed by atoms with E-state index in [1.54, 1.807) is 12.1 Å². The van der Waals surface area contributed by atoms with E-state index in [1.807, 2.05) is 0 Å². The van der Waals surface area contributed by atoms with Gasteiger partial charge in [-0.3, -0.25) is 9.59 Å². The molecule has 2 bridgehead atoms. The van der Waals surface area contributed by atoms with Crippen LogP contribution in [0, 0.1) is 23.7 Å². The van der Waals surface area contributed by atoms with Gasteiger partial charge < -0.3 is 4.42 Å². The Kier molecular flexibility index (Phi) is 2.89.